The third-order valence-electron chi connectivity index (χ3n) is 2.98. The Bertz CT molecular complexity index is 360. The van der Waals surface area contributed by atoms with Gasteiger partial charge in [0.25, 0.3) is 0 Å². The second kappa shape index (κ2) is 4.01. The Morgan fingerprint density at radius 1 is 1.33 bits per heavy atom. The van der Waals surface area contributed by atoms with Crippen LogP contribution in [-0.4, -0.2) is 17.9 Å². The summed E-state index contributed by atoms with van der Waals surface area (Å²) in [4.78, 5) is 13.3. The SMILES string of the molecule is CN1C(=O)CCCC1c1ccc(F)cc1. The van der Waals surface area contributed by atoms with Gasteiger partial charge in [0.05, 0.1) is 6.04 Å². The molecule has 0 aliphatic carbocycles. The fourth-order valence-electron chi connectivity index (χ4n) is 2.07. The van der Waals surface area contributed by atoms with Crippen molar-refractivity contribution in [2.45, 2.75) is 25.3 Å². The van der Waals surface area contributed by atoms with Crippen LogP contribution in [0, 0.1) is 5.82 Å². The number of amides is 1. The highest BCUT2D eigenvalue weighted by Crippen LogP contribution is 2.29. The number of carbonyl (C=O) groups excluding carboxylic acids is 1. The van der Waals surface area contributed by atoms with Gasteiger partial charge in [-0.2, -0.15) is 0 Å². The molecule has 15 heavy (non-hydrogen) atoms. The van der Waals surface area contributed by atoms with Crippen LogP contribution < -0.4 is 0 Å². The predicted octanol–water partition coefficient (Wildman–Crippen LogP) is 2.51. The molecule has 80 valence electrons. The third kappa shape index (κ3) is 2.01. The van der Waals surface area contributed by atoms with Gasteiger partial charge in [0, 0.05) is 13.5 Å². The molecule has 0 aromatic heterocycles. The van der Waals surface area contributed by atoms with Gasteiger partial charge in [0.1, 0.15) is 5.82 Å². The van der Waals surface area contributed by atoms with E-state index in [9.17, 15) is 9.18 Å². The van der Waals surface area contributed by atoms with Crippen LogP contribution in [0.3, 0.4) is 0 Å². The molecule has 1 fully saturated rings. The molecule has 1 aliphatic heterocycles. The standard InChI is InChI=1S/C12H14FNO/c1-14-11(3-2-4-12(14)15)9-5-7-10(13)8-6-9/h5-8,11H,2-4H2,1H3. The van der Waals surface area contributed by atoms with Crippen molar-refractivity contribution >= 4 is 5.91 Å². The van der Waals surface area contributed by atoms with Gasteiger partial charge in [0.15, 0.2) is 0 Å². The van der Waals surface area contributed by atoms with Crippen molar-refractivity contribution in [2.75, 3.05) is 7.05 Å². The maximum Gasteiger partial charge on any atom is 0.222 e. The summed E-state index contributed by atoms with van der Waals surface area (Å²) in [7, 11) is 1.81. The van der Waals surface area contributed by atoms with Gasteiger partial charge in [-0.1, -0.05) is 12.1 Å². The minimum Gasteiger partial charge on any atom is -0.339 e. The van der Waals surface area contributed by atoms with Crippen molar-refractivity contribution in [1.82, 2.24) is 4.90 Å². The Kier molecular flexibility index (Phi) is 2.71. The first-order valence-corrected chi connectivity index (χ1v) is 5.19. The minimum atomic E-state index is -0.233. The van der Waals surface area contributed by atoms with Crippen LogP contribution >= 0.6 is 0 Å². The molecule has 3 heteroatoms. The Labute approximate surface area is 88.7 Å². The number of halogens is 1. The summed E-state index contributed by atoms with van der Waals surface area (Å²) in [6, 6.07) is 6.53. The predicted molar refractivity (Wildman–Crippen MR) is 55.8 cm³/mol. The summed E-state index contributed by atoms with van der Waals surface area (Å²) in [5.74, 6) is -0.0564. The fourth-order valence-corrected chi connectivity index (χ4v) is 2.07. The maximum absolute atomic E-state index is 12.7. The topological polar surface area (TPSA) is 20.3 Å². The van der Waals surface area contributed by atoms with Crippen molar-refractivity contribution in [3.05, 3.63) is 35.6 Å². The highest BCUT2D eigenvalue weighted by Gasteiger charge is 2.25. The average Bonchev–Trinajstić information content (AvgIpc) is 2.24. The lowest BCUT2D eigenvalue weighted by Crippen LogP contribution is -2.34. The van der Waals surface area contributed by atoms with Gasteiger partial charge in [-0.3, -0.25) is 4.79 Å². The van der Waals surface area contributed by atoms with Crippen LogP contribution in [0.15, 0.2) is 24.3 Å². The number of piperidine rings is 1. The highest BCUT2D eigenvalue weighted by atomic mass is 19.1. The molecule has 0 radical (unpaired) electrons. The quantitative estimate of drug-likeness (QED) is 0.693. The number of hydrogen-bond acceptors (Lipinski definition) is 1. The number of benzene rings is 1. The zero-order chi connectivity index (χ0) is 10.8. The molecule has 2 rings (SSSR count). The lowest BCUT2D eigenvalue weighted by atomic mass is 9.95. The first-order valence-electron chi connectivity index (χ1n) is 5.19. The van der Waals surface area contributed by atoms with Gasteiger partial charge < -0.3 is 4.90 Å². The number of likely N-dealkylation sites (tertiary alicyclic amines) is 1. The second-order valence-electron chi connectivity index (χ2n) is 3.96. The first-order chi connectivity index (χ1) is 7.18. The van der Waals surface area contributed by atoms with Crippen LogP contribution in [0.2, 0.25) is 0 Å². The van der Waals surface area contributed by atoms with Gasteiger partial charge in [-0.25, -0.2) is 4.39 Å². The molecular weight excluding hydrogens is 193 g/mol. The van der Waals surface area contributed by atoms with Crippen LogP contribution in [0.1, 0.15) is 30.9 Å². The smallest absolute Gasteiger partial charge is 0.222 e. The number of carbonyl (C=O) groups is 1. The molecule has 1 aromatic carbocycles. The van der Waals surface area contributed by atoms with Gasteiger partial charge in [-0.05, 0) is 30.5 Å². The van der Waals surface area contributed by atoms with E-state index in [0.29, 0.717) is 6.42 Å². The zero-order valence-electron chi connectivity index (χ0n) is 8.74. The molecule has 1 saturated heterocycles. The van der Waals surface area contributed by atoms with Crippen molar-refractivity contribution in [3.63, 3.8) is 0 Å². The molecule has 1 aliphatic rings. The lowest BCUT2D eigenvalue weighted by molar-refractivity contribution is -0.134. The Morgan fingerprint density at radius 3 is 2.67 bits per heavy atom. The summed E-state index contributed by atoms with van der Waals surface area (Å²) < 4.78 is 12.7. The van der Waals surface area contributed by atoms with Crippen LogP contribution in [0.4, 0.5) is 4.39 Å². The molecule has 0 saturated carbocycles. The van der Waals surface area contributed by atoms with Crippen molar-refractivity contribution in [3.8, 4) is 0 Å². The van der Waals surface area contributed by atoms with E-state index in [4.69, 9.17) is 0 Å². The molecule has 0 bridgehead atoms. The van der Waals surface area contributed by atoms with Crippen molar-refractivity contribution in [2.24, 2.45) is 0 Å². The molecule has 0 spiro atoms. The molecule has 2 nitrogen and oxygen atoms in total. The van der Waals surface area contributed by atoms with Crippen LogP contribution in [0.25, 0.3) is 0 Å². The van der Waals surface area contributed by atoms with E-state index in [2.05, 4.69) is 0 Å². The van der Waals surface area contributed by atoms with E-state index in [-0.39, 0.29) is 17.8 Å². The van der Waals surface area contributed by atoms with E-state index in [1.165, 1.54) is 12.1 Å². The molecule has 1 heterocycles. The molecule has 0 N–H and O–H groups in total. The Balaban J connectivity index is 2.22. The van der Waals surface area contributed by atoms with E-state index in [1.807, 2.05) is 7.05 Å². The molecule has 1 atom stereocenters. The van der Waals surface area contributed by atoms with Gasteiger partial charge in [-0.15, -0.1) is 0 Å². The Morgan fingerprint density at radius 2 is 2.00 bits per heavy atom. The van der Waals surface area contributed by atoms with Crippen molar-refractivity contribution < 1.29 is 9.18 Å². The van der Waals surface area contributed by atoms with E-state index >= 15 is 0 Å². The monoisotopic (exact) mass is 207 g/mol. The third-order valence-corrected chi connectivity index (χ3v) is 2.98. The summed E-state index contributed by atoms with van der Waals surface area (Å²) in [6.45, 7) is 0. The molecular formula is C12H14FNO. The largest absolute Gasteiger partial charge is 0.339 e. The number of hydrogen-bond donors (Lipinski definition) is 0. The molecule has 1 aromatic rings. The second-order valence-corrected chi connectivity index (χ2v) is 3.96. The summed E-state index contributed by atoms with van der Waals surface area (Å²) in [6.07, 6.45) is 2.52. The molecule has 1 amide bonds. The number of nitrogens with zero attached hydrogens (tertiary/aromatic N) is 1. The van der Waals surface area contributed by atoms with E-state index in [1.54, 1.807) is 17.0 Å². The molecule has 1 unspecified atom stereocenters. The maximum atomic E-state index is 12.7. The normalized spacial score (nSPS) is 21.9. The van der Waals surface area contributed by atoms with Crippen molar-refractivity contribution in [1.29, 1.82) is 0 Å². The van der Waals surface area contributed by atoms with Gasteiger partial charge in [0.2, 0.25) is 5.91 Å². The Hall–Kier alpha value is -1.38. The zero-order valence-corrected chi connectivity index (χ0v) is 8.74. The van der Waals surface area contributed by atoms with E-state index < -0.39 is 0 Å². The average molecular weight is 207 g/mol. The van der Waals surface area contributed by atoms with E-state index in [0.717, 1.165) is 18.4 Å². The lowest BCUT2D eigenvalue weighted by Gasteiger charge is -2.32. The summed E-state index contributed by atoms with van der Waals surface area (Å²) in [5, 5.41) is 0. The summed E-state index contributed by atoms with van der Waals surface area (Å²) in [5.41, 5.74) is 1.02. The van der Waals surface area contributed by atoms with Crippen LogP contribution in [0.5, 0.6) is 0 Å². The minimum absolute atomic E-state index is 0.117. The summed E-state index contributed by atoms with van der Waals surface area (Å²) >= 11 is 0. The fraction of sp³-hybridized carbons (Fsp3) is 0.417. The number of rotatable bonds is 1. The first kappa shape index (κ1) is 10.1. The van der Waals surface area contributed by atoms with Gasteiger partial charge >= 0.3 is 0 Å². The van der Waals surface area contributed by atoms with Crippen LogP contribution in [-0.2, 0) is 4.79 Å². The highest BCUT2D eigenvalue weighted by molar-refractivity contribution is 5.77.